The van der Waals surface area contributed by atoms with E-state index >= 15 is 0 Å². The van der Waals surface area contributed by atoms with Crippen LogP contribution in [0.2, 0.25) is 5.02 Å². The number of hydrogen-bond donors (Lipinski definition) is 0. The number of anilines is 1. The summed E-state index contributed by atoms with van der Waals surface area (Å²) >= 11 is 6.01. The van der Waals surface area contributed by atoms with E-state index in [1.54, 1.807) is 78.9 Å². The van der Waals surface area contributed by atoms with Gasteiger partial charge in [-0.2, -0.15) is 0 Å². The van der Waals surface area contributed by atoms with Gasteiger partial charge in [0.15, 0.2) is 5.78 Å². The zero-order valence-corrected chi connectivity index (χ0v) is 15.5. The topological polar surface area (TPSA) is 54.5 Å². The summed E-state index contributed by atoms with van der Waals surface area (Å²) in [5.74, 6) is -2.85. The number of hydrogen-bond acceptors (Lipinski definition) is 3. The van der Waals surface area contributed by atoms with Gasteiger partial charge in [0, 0.05) is 16.3 Å². The molecule has 4 rings (SSSR count). The molecular formula is C23H16ClNO3. The maximum Gasteiger partial charge on any atom is 0.295 e. The molecule has 0 saturated carbocycles. The predicted molar refractivity (Wildman–Crippen MR) is 107 cm³/mol. The molecule has 1 aliphatic heterocycles. The second kappa shape index (κ2) is 7.41. The quantitative estimate of drug-likeness (QED) is 0.375. The zero-order chi connectivity index (χ0) is 19.7. The molecule has 1 aliphatic rings. The standard InChI is InChI=1S/C23H16ClNO3/c24-17-13-11-15(12-14-17)20-19(21(26)16-7-3-1-4-8-16)22(27)23(28)25(20)18-9-5-2-6-10-18/h1-14,19-20H. The Hall–Kier alpha value is -3.24. The van der Waals surface area contributed by atoms with Crippen molar-refractivity contribution in [3.8, 4) is 0 Å². The molecule has 3 aromatic carbocycles. The number of nitrogens with zero attached hydrogens (tertiary/aromatic N) is 1. The number of para-hydroxylation sites is 1. The Morgan fingerprint density at radius 1 is 0.786 bits per heavy atom. The first-order valence-electron chi connectivity index (χ1n) is 8.85. The highest BCUT2D eigenvalue weighted by Crippen LogP contribution is 2.41. The van der Waals surface area contributed by atoms with Crippen LogP contribution in [0.15, 0.2) is 84.9 Å². The van der Waals surface area contributed by atoms with Crippen molar-refractivity contribution in [3.63, 3.8) is 0 Å². The van der Waals surface area contributed by atoms with Crippen molar-refractivity contribution in [2.24, 2.45) is 5.92 Å². The number of Topliss-reactive ketones (excluding diaryl/α,β-unsaturated/α-hetero) is 2. The predicted octanol–water partition coefficient (Wildman–Crippen LogP) is 4.50. The van der Waals surface area contributed by atoms with Gasteiger partial charge in [-0.1, -0.05) is 72.3 Å². The van der Waals surface area contributed by atoms with Gasteiger partial charge in [-0.05, 0) is 29.8 Å². The van der Waals surface area contributed by atoms with Gasteiger partial charge in [-0.25, -0.2) is 0 Å². The minimum atomic E-state index is -1.11. The molecule has 5 heteroatoms. The summed E-state index contributed by atoms with van der Waals surface area (Å²) < 4.78 is 0. The molecule has 3 aromatic rings. The Labute approximate surface area is 167 Å². The van der Waals surface area contributed by atoms with E-state index < -0.39 is 23.7 Å². The van der Waals surface area contributed by atoms with Crippen molar-refractivity contribution in [1.82, 2.24) is 0 Å². The SMILES string of the molecule is O=C1C(=O)N(c2ccccc2)C(c2ccc(Cl)cc2)C1C(=O)c1ccccc1. The number of carbonyl (C=O) groups excluding carboxylic acids is 3. The molecule has 1 saturated heterocycles. The lowest BCUT2D eigenvalue weighted by atomic mass is 9.86. The molecule has 0 radical (unpaired) electrons. The van der Waals surface area contributed by atoms with E-state index in [0.717, 1.165) is 0 Å². The third-order valence-corrected chi connectivity index (χ3v) is 5.14. The number of amides is 1. The normalized spacial score (nSPS) is 19.1. The molecule has 28 heavy (non-hydrogen) atoms. The fraction of sp³-hybridized carbons (Fsp3) is 0.0870. The zero-order valence-electron chi connectivity index (χ0n) is 14.8. The van der Waals surface area contributed by atoms with Crippen LogP contribution in [0.25, 0.3) is 0 Å². The molecule has 0 spiro atoms. The average Bonchev–Trinajstić information content (AvgIpc) is 3.00. The van der Waals surface area contributed by atoms with Crippen molar-refractivity contribution >= 4 is 34.8 Å². The van der Waals surface area contributed by atoms with E-state index in [1.165, 1.54) is 4.90 Å². The third-order valence-electron chi connectivity index (χ3n) is 4.89. The summed E-state index contributed by atoms with van der Waals surface area (Å²) in [4.78, 5) is 40.4. The van der Waals surface area contributed by atoms with Crippen molar-refractivity contribution in [1.29, 1.82) is 0 Å². The van der Waals surface area contributed by atoms with Crippen LogP contribution in [0.1, 0.15) is 22.0 Å². The van der Waals surface area contributed by atoms with E-state index in [-0.39, 0.29) is 5.78 Å². The Balaban J connectivity index is 1.86. The Kier molecular flexibility index (Phi) is 4.80. The highest BCUT2D eigenvalue weighted by molar-refractivity contribution is 6.49. The molecule has 2 unspecified atom stereocenters. The summed E-state index contributed by atoms with van der Waals surface area (Å²) in [6.45, 7) is 0. The van der Waals surface area contributed by atoms with Crippen LogP contribution in [0.3, 0.4) is 0 Å². The molecule has 0 bridgehead atoms. The lowest BCUT2D eigenvalue weighted by molar-refractivity contribution is -0.135. The van der Waals surface area contributed by atoms with Gasteiger partial charge in [-0.3, -0.25) is 19.3 Å². The average molecular weight is 390 g/mol. The second-order valence-corrected chi connectivity index (χ2v) is 7.02. The smallest absolute Gasteiger partial charge is 0.295 e. The summed E-state index contributed by atoms with van der Waals surface area (Å²) in [5, 5.41) is 0.539. The Morgan fingerprint density at radius 2 is 1.36 bits per heavy atom. The molecule has 4 nitrogen and oxygen atoms in total. The van der Waals surface area contributed by atoms with E-state index in [4.69, 9.17) is 11.6 Å². The van der Waals surface area contributed by atoms with Gasteiger partial charge < -0.3 is 0 Å². The van der Waals surface area contributed by atoms with Gasteiger partial charge in [0.2, 0.25) is 5.78 Å². The van der Waals surface area contributed by atoms with Crippen LogP contribution in [0, 0.1) is 5.92 Å². The van der Waals surface area contributed by atoms with Crippen LogP contribution in [0.4, 0.5) is 5.69 Å². The molecular weight excluding hydrogens is 374 g/mol. The Morgan fingerprint density at radius 3 is 1.96 bits per heavy atom. The monoisotopic (exact) mass is 389 g/mol. The van der Waals surface area contributed by atoms with Gasteiger partial charge in [-0.15, -0.1) is 0 Å². The van der Waals surface area contributed by atoms with Gasteiger partial charge in [0.25, 0.3) is 5.91 Å². The minimum absolute atomic E-state index is 0.364. The van der Waals surface area contributed by atoms with Crippen molar-refractivity contribution in [2.45, 2.75) is 6.04 Å². The Bertz CT molecular complexity index is 1030. The van der Waals surface area contributed by atoms with Crippen molar-refractivity contribution < 1.29 is 14.4 Å². The summed E-state index contributed by atoms with van der Waals surface area (Å²) in [7, 11) is 0. The lowest BCUT2D eigenvalue weighted by Gasteiger charge is -2.27. The van der Waals surface area contributed by atoms with Crippen LogP contribution in [-0.4, -0.2) is 17.5 Å². The van der Waals surface area contributed by atoms with E-state index in [2.05, 4.69) is 0 Å². The van der Waals surface area contributed by atoms with Gasteiger partial charge in [0.1, 0.15) is 5.92 Å². The second-order valence-electron chi connectivity index (χ2n) is 6.58. The summed E-state index contributed by atoms with van der Waals surface area (Å²) in [6.07, 6.45) is 0. The fourth-order valence-corrected chi connectivity index (χ4v) is 3.71. The third kappa shape index (κ3) is 3.12. The van der Waals surface area contributed by atoms with Gasteiger partial charge >= 0.3 is 0 Å². The number of halogens is 1. The van der Waals surface area contributed by atoms with Crippen LogP contribution in [0.5, 0.6) is 0 Å². The molecule has 138 valence electrons. The molecule has 2 atom stereocenters. The fourth-order valence-electron chi connectivity index (χ4n) is 3.58. The maximum atomic E-state index is 13.2. The number of carbonyl (C=O) groups is 3. The van der Waals surface area contributed by atoms with Gasteiger partial charge in [0.05, 0.1) is 6.04 Å². The molecule has 0 aliphatic carbocycles. The first-order chi connectivity index (χ1) is 13.6. The van der Waals surface area contributed by atoms with Crippen LogP contribution >= 0.6 is 11.6 Å². The number of rotatable bonds is 4. The van der Waals surface area contributed by atoms with Crippen molar-refractivity contribution in [3.05, 3.63) is 101 Å². The van der Waals surface area contributed by atoms with Crippen molar-refractivity contribution in [2.75, 3.05) is 4.90 Å². The highest BCUT2D eigenvalue weighted by Gasteiger charge is 2.52. The molecule has 1 fully saturated rings. The van der Waals surface area contributed by atoms with E-state index in [0.29, 0.717) is 21.8 Å². The first-order valence-corrected chi connectivity index (χ1v) is 9.23. The van der Waals surface area contributed by atoms with E-state index in [9.17, 15) is 14.4 Å². The number of ketones is 2. The van der Waals surface area contributed by atoms with E-state index in [1.807, 2.05) is 6.07 Å². The molecule has 0 N–H and O–H groups in total. The van der Waals surface area contributed by atoms with Crippen LogP contribution < -0.4 is 4.90 Å². The lowest BCUT2D eigenvalue weighted by Crippen LogP contribution is -2.30. The molecule has 0 aromatic heterocycles. The highest BCUT2D eigenvalue weighted by atomic mass is 35.5. The first kappa shape index (κ1) is 18.1. The summed E-state index contributed by atoms with van der Waals surface area (Å²) in [5.41, 5.74) is 1.66. The van der Waals surface area contributed by atoms with Crippen LogP contribution in [-0.2, 0) is 9.59 Å². The molecule has 1 heterocycles. The largest absolute Gasteiger partial charge is 0.297 e. The summed E-state index contributed by atoms with van der Waals surface area (Å²) in [6, 6.07) is 23.7. The minimum Gasteiger partial charge on any atom is -0.297 e. The molecule has 1 amide bonds. The number of benzene rings is 3. The maximum absolute atomic E-state index is 13.2.